The molecule has 120 valence electrons. The second kappa shape index (κ2) is 4.32. The second-order valence-electron chi connectivity index (χ2n) is 9.13. The van der Waals surface area contributed by atoms with Crippen LogP contribution < -0.4 is 5.32 Å². The molecule has 0 aromatic heterocycles. The van der Waals surface area contributed by atoms with Crippen molar-refractivity contribution in [1.82, 2.24) is 0 Å². The van der Waals surface area contributed by atoms with E-state index in [4.69, 9.17) is 0 Å². The molecule has 1 aromatic rings. The summed E-state index contributed by atoms with van der Waals surface area (Å²) in [5.74, 6) is 1.56. The number of allylic oxidation sites excluding steroid dienone is 2. The van der Waals surface area contributed by atoms with Crippen LogP contribution in [0.2, 0.25) is 0 Å². The third-order valence-corrected chi connectivity index (χ3v) is 6.59. The van der Waals surface area contributed by atoms with E-state index in [0.717, 1.165) is 11.8 Å². The van der Waals surface area contributed by atoms with E-state index in [2.05, 4.69) is 56.4 Å². The molecule has 1 heteroatoms. The lowest BCUT2D eigenvalue weighted by Crippen LogP contribution is -2.54. The lowest BCUT2D eigenvalue weighted by atomic mass is 9.52. The van der Waals surface area contributed by atoms with Crippen molar-refractivity contribution in [3.05, 3.63) is 47.1 Å². The quantitative estimate of drug-likeness (QED) is 0.638. The van der Waals surface area contributed by atoms with Crippen molar-refractivity contribution in [1.29, 1.82) is 0 Å². The predicted octanol–water partition coefficient (Wildman–Crippen LogP) is 5.80. The lowest BCUT2D eigenvalue weighted by molar-refractivity contribution is 0.153. The van der Waals surface area contributed by atoms with Gasteiger partial charge in [0.25, 0.3) is 0 Å². The fourth-order valence-electron chi connectivity index (χ4n) is 6.45. The molecular formula is C22H27N. The van der Waals surface area contributed by atoms with E-state index in [-0.39, 0.29) is 5.54 Å². The second-order valence-corrected chi connectivity index (χ2v) is 9.13. The van der Waals surface area contributed by atoms with Gasteiger partial charge in [-0.05, 0) is 72.1 Å². The van der Waals surface area contributed by atoms with Crippen LogP contribution in [0, 0.1) is 17.3 Å². The summed E-state index contributed by atoms with van der Waals surface area (Å²) in [6.07, 6.45) is 9.10. The molecule has 0 unspecified atom stereocenters. The molecule has 2 bridgehead atoms. The average Bonchev–Trinajstić information content (AvgIpc) is 2.44. The van der Waals surface area contributed by atoms with Crippen LogP contribution in [0.4, 0.5) is 5.69 Å². The van der Waals surface area contributed by atoms with Crippen molar-refractivity contribution in [2.45, 2.75) is 58.4 Å². The third kappa shape index (κ3) is 1.86. The van der Waals surface area contributed by atoms with Crippen molar-refractivity contribution in [3.8, 4) is 0 Å². The zero-order valence-electron chi connectivity index (χ0n) is 14.6. The minimum absolute atomic E-state index is 0.195. The molecule has 1 heterocycles. The maximum Gasteiger partial charge on any atom is 0.0641 e. The van der Waals surface area contributed by atoms with Crippen LogP contribution in [0.5, 0.6) is 0 Å². The molecule has 1 aromatic carbocycles. The van der Waals surface area contributed by atoms with Gasteiger partial charge in [-0.3, -0.25) is 0 Å². The van der Waals surface area contributed by atoms with Crippen molar-refractivity contribution in [2.75, 3.05) is 5.32 Å². The zero-order chi connectivity index (χ0) is 15.8. The average molecular weight is 305 g/mol. The maximum absolute atomic E-state index is 4.04. The predicted molar refractivity (Wildman–Crippen MR) is 97.3 cm³/mol. The van der Waals surface area contributed by atoms with Crippen molar-refractivity contribution < 1.29 is 0 Å². The van der Waals surface area contributed by atoms with Gasteiger partial charge in [-0.25, -0.2) is 0 Å². The van der Waals surface area contributed by atoms with Crippen molar-refractivity contribution in [2.24, 2.45) is 17.3 Å². The number of rotatable bonds is 0. The number of para-hydroxylation sites is 1. The van der Waals surface area contributed by atoms with Crippen molar-refractivity contribution >= 4 is 11.3 Å². The van der Waals surface area contributed by atoms with Crippen LogP contribution in [-0.4, -0.2) is 5.54 Å². The molecule has 1 nitrogen and oxygen atoms in total. The Kier molecular flexibility index (Phi) is 2.61. The van der Waals surface area contributed by atoms with Crippen LogP contribution >= 0.6 is 0 Å². The van der Waals surface area contributed by atoms with Gasteiger partial charge in [-0.2, -0.15) is 0 Å². The van der Waals surface area contributed by atoms with Gasteiger partial charge in [0.05, 0.1) is 5.54 Å². The normalized spacial score (nSPS) is 40.7. The maximum atomic E-state index is 4.04. The summed E-state index contributed by atoms with van der Waals surface area (Å²) < 4.78 is 0. The molecule has 4 aliphatic rings. The van der Waals surface area contributed by atoms with Gasteiger partial charge < -0.3 is 5.32 Å². The highest BCUT2D eigenvalue weighted by atomic mass is 15.0. The molecule has 0 saturated heterocycles. The SMILES string of the molecule is C[C@@H]1C[C@]2(C)C=C3C[C@H](C)CC4=C3[C@](C1)(C2)Nc1ccccc14. The Morgan fingerprint density at radius 3 is 2.74 bits per heavy atom. The first-order valence-electron chi connectivity index (χ1n) is 9.31. The fraction of sp³-hybridized carbons (Fsp3) is 0.545. The molecule has 1 saturated carbocycles. The standard InChI is InChI=1S/C22H27N/c1-14-8-16-12-21(3)10-15(2)11-22(13-21)20(16)18(9-14)17-6-4-5-7-19(17)23-22/h4-7,12,14-15,23H,8-11,13H2,1-3H3/t14-,15+,21+,22-/m0/s1. The Morgan fingerprint density at radius 1 is 1.04 bits per heavy atom. The largest absolute Gasteiger partial charge is 0.375 e. The van der Waals surface area contributed by atoms with Crippen LogP contribution in [0.25, 0.3) is 5.57 Å². The third-order valence-electron chi connectivity index (χ3n) is 6.59. The van der Waals surface area contributed by atoms with E-state index in [1.807, 2.05) is 0 Å². The summed E-state index contributed by atoms with van der Waals surface area (Å²) in [6.45, 7) is 7.37. The Bertz CT molecular complexity index is 755. The molecule has 1 aliphatic heterocycles. The summed E-state index contributed by atoms with van der Waals surface area (Å²) in [5.41, 5.74) is 8.42. The Balaban J connectivity index is 1.82. The van der Waals surface area contributed by atoms with Gasteiger partial charge in [0.1, 0.15) is 0 Å². The molecule has 1 spiro atoms. The highest BCUT2D eigenvalue weighted by Crippen LogP contribution is 2.61. The fourth-order valence-corrected chi connectivity index (χ4v) is 6.45. The summed E-state index contributed by atoms with van der Waals surface area (Å²) in [7, 11) is 0. The van der Waals surface area contributed by atoms with Crippen LogP contribution in [0.3, 0.4) is 0 Å². The molecule has 1 N–H and O–H groups in total. The number of hydrogen-bond donors (Lipinski definition) is 1. The number of anilines is 1. The van der Waals surface area contributed by atoms with Gasteiger partial charge >= 0.3 is 0 Å². The first kappa shape index (κ1) is 13.9. The lowest BCUT2D eigenvalue weighted by Gasteiger charge is -2.57. The molecule has 5 rings (SSSR count). The minimum atomic E-state index is 0.195. The van der Waals surface area contributed by atoms with E-state index in [0.29, 0.717) is 5.41 Å². The molecule has 1 fully saturated rings. The summed E-state index contributed by atoms with van der Waals surface area (Å²) >= 11 is 0. The first-order chi connectivity index (χ1) is 11.0. The molecule has 4 atom stereocenters. The zero-order valence-corrected chi connectivity index (χ0v) is 14.6. The minimum Gasteiger partial charge on any atom is -0.375 e. The van der Waals surface area contributed by atoms with E-state index < -0.39 is 0 Å². The summed E-state index contributed by atoms with van der Waals surface area (Å²) in [6, 6.07) is 9.01. The molecule has 3 aliphatic carbocycles. The number of fused-ring (bicyclic) bond motifs is 3. The molecule has 23 heavy (non-hydrogen) atoms. The highest BCUT2D eigenvalue weighted by Gasteiger charge is 2.53. The summed E-state index contributed by atoms with van der Waals surface area (Å²) in [4.78, 5) is 0. The number of benzene rings is 1. The van der Waals surface area contributed by atoms with E-state index in [1.54, 1.807) is 16.7 Å². The summed E-state index contributed by atoms with van der Waals surface area (Å²) in [5, 5.41) is 4.04. The Hall–Kier alpha value is -1.50. The van der Waals surface area contributed by atoms with E-state index in [1.165, 1.54) is 43.4 Å². The highest BCUT2D eigenvalue weighted by molar-refractivity contribution is 5.88. The first-order valence-corrected chi connectivity index (χ1v) is 9.31. The molecular weight excluding hydrogens is 278 g/mol. The topological polar surface area (TPSA) is 12.0 Å². The van der Waals surface area contributed by atoms with Gasteiger partial charge in [0, 0.05) is 11.3 Å². The van der Waals surface area contributed by atoms with Crippen LogP contribution in [0.1, 0.15) is 58.4 Å². The monoisotopic (exact) mass is 305 g/mol. The van der Waals surface area contributed by atoms with Crippen LogP contribution in [-0.2, 0) is 0 Å². The number of nitrogens with one attached hydrogen (secondary N) is 1. The van der Waals surface area contributed by atoms with Gasteiger partial charge in [-0.1, -0.05) is 45.0 Å². The van der Waals surface area contributed by atoms with Gasteiger partial charge in [-0.15, -0.1) is 0 Å². The van der Waals surface area contributed by atoms with Gasteiger partial charge in [0.15, 0.2) is 0 Å². The molecule has 0 amide bonds. The van der Waals surface area contributed by atoms with E-state index in [9.17, 15) is 0 Å². The van der Waals surface area contributed by atoms with Gasteiger partial charge in [0.2, 0.25) is 0 Å². The number of hydrogen-bond acceptors (Lipinski definition) is 1. The Morgan fingerprint density at radius 2 is 1.87 bits per heavy atom. The molecule has 0 radical (unpaired) electrons. The van der Waals surface area contributed by atoms with Crippen LogP contribution in [0.15, 0.2) is 41.5 Å². The smallest absolute Gasteiger partial charge is 0.0641 e. The van der Waals surface area contributed by atoms with E-state index >= 15 is 0 Å². The Labute approximate surface area is 139 Å². The van der Waals surface area contributed by atoms with Crippen molar-refractivity contribution in [3.63, 3.8) is 0 Å².